The van der Waals surface area contributed by atoms with E-state index in [0.717, 1.165) is 24.6 Å². The standard InChI is InChI=1S/C20H29NO4/c1-16(2)11-21(12-17-6-4-7-19(10-17)23-3)13-18(22)14-24-15-20-8-5-9-25-20/h4-10,16,18,22H,11-15H2,1-3H3. The van der Waals surface area contributed by atoms with Crippen LogP contribution in [0.25, 0.3) is 0 Å². The molecule has 0 aliphatic rings. The van der Waals surface area contributed by atoms with Gasteiger partial charge in [0.05, 0.1) is 26.1 Å². The predicted octanol–water partition coefficient (Wildman–Crippen LogP) is 3.32. The van der Waals surface area contributed by atoms with Gasteiger partial charge >= 0.3 is 0 Å². The van der Waals surface area contributed by atoms with Crippen LogP contribution in [-0.2, 0) is 17.9 Å². The molecule has 1 unspecified atom stereocenters. The van der Waals surface area contributed by atoms with E-state index in [1.807, 2.05) is 30.3 Å². The molecule has 1 heterocycles. The van der Waals surface area contributed by atoms with Gasteiger partial charge in [-0.3, -0.25) is 4.90 Å². The SMILES string of the molecule is COc1cccc(CN(CC(C)C)CC(O)COCc2ccco2)c1. The average Bonchev–Trinajstić information content (AvgIpc) is 3.07. The lowest BCUT2D eigenvalue weighted by molar-refractivity contribution is 0.00223. The number of ether oxygens (including phenoxy) is 2. The summed E-state index contributed by atoms with van der Waals surface area (Å²) in [6.07, 6.45) is 1.08. The molecule has 0 spiro atoms. The van der Waals surface area contributed by atoms with Crippen molar-refractivity contribution in [1.29, 1.82) is 0 Å². The molecule has 0 saturated heterocycles. The largest absolute Gasteiger partial charge is 0.497 e. The van der Waals surface area contributed by atoms with Gasteiger partial charge in [0, 0.05) is 19.6 Å². The number of hydrogen-bond acceptors (Lipinski definition) is 5. The topological polar surface area (TPSA) is 55.1 Å². The van der Waals surface area contributed by atoms with E-state index < -0.39 is 6.10 Å². The number of aliphatic hydroxyl groups excluding tert-OH is 1. The zero-order valence-corrected chi connectivity index (χ0v) is 15.4. The second-order valence-corrected chi connectivity index (χ2v) is 6.69. The second kappa shape index (κ2) is 10.2. The summed E-state index contributed by atoms with van der Waals surface area (Å²) < 4.78 is 16.1. The minimum atomic E-state index is -0.542. The summed E-state index contributed by atoms with van der Waals surface area (Å²) in [5.74, 6) is 2.13. The fourth-order valence-electron chi connectivity index (χ4n) is 2.79. The molecule has 2 rings (SSSR count). The Labute approximate surface area is 150 Å². The van der Waals surface area contributed by atoms with Gasteiger partial charge in [-0.2, -0.15) is 0 Å². The molecule has 5 heteroatoms. The van der Waals surface area contributed by atoms with Crippen LogP contribution in [0, 0.1) is 5.92 Å². The minimum Gasteiger partial charge on any atom is -0.497 e. The van der Waals surface area contributed by atoms with Gasteiger partial charge in [-0.05, 0) is 35.7 Å². The van der Waals surface area contributed by atoms with Crippen LogP contribution in [0.3, 0.4) is 0 Å². The Hall–Kier alpha value is -1.82. The van der Waals surface area contributed by atoms with E-state index in [4.69, 9.17) is 13.9 Å². The zero-order valence-electron chi connectivity index (χ0n) is 15.4. The Bertz CT molecular complexity index is 598. The lowest BCUT2D eigenvalue weighted by Crippen LogP contribution is -2.36. The van der Waals surface area contributed by atoms with Crippen LogP contribution in [0.2, 0.25) is 0 Å². The first-order valence-corrected chi connectivity index (χ1v) is 8.70. The smallest absolute Gasteiger partial charge is 0.129 e. The van der Waals surface area contributed by atoms with E-state index in [1.165, 1.54) is 5.56 Å². The minimum absolute atomic E-state index is 0.285. The highest BCUT2D eigenvalue weighted by Crippen LogP contribution is 2.15. The van der Waals surface area contributed by atoms with Crippen molar-refractivity contribution in [3.05, 3.63) is 54.0 Å². The van der Waals surface area contributed by atoms with E-state index in [0.29, 0.717) is 19.1 Å². The predicted molar refractivity (Wildman–Crippen MR) is 97.5 cm³/mol. The molecule has 0 fully saturated rings. The molecule has 0 amide bonds. The number of furan rings is 1. The van der Waals surface area contributed by atoms with Crippen LogP contribution in [0.4, 0.5) is 0 Å². The van der Waals surface area contributed by atoms with Crippen LogP contribution >= 0.6 is 0 Å². The number of aliphatic hydroxyl groups is 1. The molecule has 0 saturated carbocycles. The first kappa shape index (κ1) is 19.5. The molecule has 1 atom stereocenters. The highest BCUT2D eigenvalue weighted by molar-refractivity contribution is 5.28. The molecule has 138 valence electrons. The van der Waals surface area contributed by atoms with Crippen LogP contribution in [0.5, 0.6) is 5.75 Å². The quantitative estimate of drug-likeness (QED) is 0.676. The highest BCUT2D eigenvalue weighted by Gasteiger charge is 2.14. The number of nitrogens with zero attached hydrogens (tertiary/aromatic N) is 1. The lowest BCUT2D eigenvalue weighted by atomic mass is 10.1. The Morgan fingerprint density at radius 3 is 2.68 bits per heavy atom. The third kappa shape index (κ3) is 7.30. The van der Waals surface area contributed by atoms with Gasteiger partial charge in [0.15, 0.2) is 0 Å². The van der Waals surface area contributed by atoms with E-state index in [1.54, 1.807) is 13.4 Å². The first-order chi connectivity index (χ1) is 12.1. The number of methoxy groups -OCH3 is 1. The highest BCUT2D eigenvalue weighted by atomic mass is 16.5. The van der Waals surface area contributed by atoms with Crippen LogP contribution in [-0.4, -0.2) is 42.9 Å². The summed E-state index contributed by atoms with van der Waals surface area (Å²) in [5, 5.41) is 10.3. The maximum atomic E-state index is 10.3. The monoisotopic (exact) mass is 347 g/mol. The van der Waals surface area contributed by atoms with Gasteiger partial charge in [0.2, 0.25) is 0 Å². The molecule has 1 aromatic carbocycles. The van der Waals surface area contributed by atoms with E-state index in [-0.39, 0.29) is 6.61 Å². The average molecular weight is 347 g/mol. The van der Waals surface area contributed by atoms with Gasteiger partial charge in [0.1, 0.15) is 18.1 Å². The summed E-state index contributed by atoms with van der Waals surface area (Å²) in [7, 11) is 1.67. The van der Waals surface area contributed by atoms with Crippen molar-refractivity contribution in [3.8, 4) is 5.75 Å². The van der Waals surface area contributed by atoms with Crippen LogP contribution < -0.4 is 4.74 Å². The normalized spacial score (nSPS) is 12.7. The van der Waals surface area contributed by atoms with Crippen molar-refractivity contribution in [2.45, 2.75) is 33.1 Å². The van der Waals surface area contributed by atoms with E-state index in [2.05, 4.69) is 24.8 Å². The maximum absolute atomic E-state index is 10.3. The van der Waals surface area contributed by atoms with Gasteiger partial charge in [0.25, 0.3) is 0 Å². The van der Waals surface area contributed by atoms with Gasteiger partial charge in [-0.15, -0.1) is 0 Å². The molecule has 2 aromatic rings. The van der Waals surface area contributed by atoms with E-state index >= 15 is 0 Å². The molecule has 0 bridgehead atoms. The maximum Gasteiger partial charge on any atom is 0.129 e. The number of benzene rings is 1. The van der Waals surface area contributed by atoms with Crippen molar-refractivity contribution >= 4 is 0 Å². The molecule has 25 heavy (non-hydrogen) atoms. The molecule has 1 aromatic heterocycles. The van der Waals surface area contributed by atoms with Crippen molar-refractivity contribution in [2.24, 2.45) is 5.92 Å². The van der Waals surface area contributed by atoms with Gasteiger partial charge < -0.3 is 19.0 Å². The van der Waals surface area contributed by atoms with Gasteiger partial charge in [-0.1, -0.05) is 26.0 Å². The summed E-state index contributed by atoms with van der Waals surface area (Å²) >= 11 is 0. The molecule has 5 nitrogen and oxygen atoms in total. The fourth-order valence-corrected chi connectivity index (χ4v) is 2.79. The molecule has 1 N–H and O–H groups in total. The van der Waals surface area contributed by atoms with Gasteiger partial charge in [-0.25, -0.2) is 0 Å². The van der Waals surface area contributed by atoms with Crippen molar-refractivity contribution in [3.63, 3.8) is 0 Å². The Morgan fingerprint density at radius 2 is 2.00 bits per heavy atom. The Kier molecular flexibility index (Phi) is 7.98. The van der Waals surface area contributed by atoms with Crippen molar-refractivity contribution in [2.75, 3.05) is 26.8 Å². The first-order valence-electron chi connectivity index (χ1n) is 8.70. The number of rotatable bonds is 11. The summed E-state index contributed by atoms with van der Waals surface area (Å²) in [4.78, 5) is 2.25. The van der Waals surface area contributed by atoms with Crippen molar-refractivity contribution < 1.29 is 19.0 Å². The molecule has 0 radical (unpaired) electrons. The molecule has 0 aliphatic carbocycles. The zero-order chi connectivity index (χ0) is 18.1. The molecular formula is C20H29NO4. The Morgan fingerprint density at radius 1 is 1.16 bits per heavy atom. The lowest BCUT2D eigenvalue weighted by Gasteiger charge is -2.27. The molecular weight excluding hydrogens is 318 g/mol. The van der Waals surface area contributed by atoms with E-state index in [9.17, 15) is 5.11 Å². The second-order valence-electron chi connectivity index (χ2n) is 6.69. The summed E-state index contributed by atoms with van der Waals surface area (Å²) in [6, 6.07) is 11.7. The third-order valence-electron chi connectivity index (χ3n) is 3.77. The summed E-state index contributed by atoms with van der Waals surface area (Å²) in [6.45, 7) is 7.26. The third-order valence-corrected chi connectivity index (χ3v) is 3.77. The van der Waals surface area contributed by atoms with Crippen LogP contribution in [0.1, 0.15) is 25.2 Å². The summed E-state index contributed by atoms with van der Waals surface area (Å²) in [5.41, 5.74) is 1.17. The van der Waals surface area contributed by atoms with Crippen molar-refractivity contribution in [1.82, 2.24) is 4.90 Å². The fraction of sp³-hybridized carbons (Fsp3) is 0.500. The van der Waals surface area contributed by atoms with Crippen LogP contribution in [0.15, 0.2) is 47.1 Å². The number of hydrogen-bond donors (Lipinski definition) is 1. The molecule has 0 aliphatic heterocycles. The Balaban J connectivity index is 1.85.